The Labute approximate surface area is 176 Å². The molecule has 0 saturated carbocycles. The summed E-state index contributed by atoms with van der Waals surface area (Å²) in [5.74, 6) is 0.887. The molecule has 0 unspecified atom stereocenters. The van der Waals surface area contributed by atoms with E-state index in [2.05, 4.69) is 11.9 Å². The Morgan fingerprint density at radius 1 is 1.31 bits per heavy atom. The molecule has 0 spiro atoms. The zero-order chi connectivity index (χ0) is 20.6. The minimum absolute atomic E-state index is 0.00524. The number of benzene rings is 1. The molecule has 156 valence electrons. The first-order valence-electron chi connectivity index (χ1n) is 10.2. The minimum Gasteiger partial charge on any atom is -0.487 e. The number of aromatic nitrogens is 1. The smallest absolute Gasteiger partial charge is 0.253 e. The van der Waals surface area contributed by atoms with E-state index in [0.717, 1.165) is 37.9 Å². The molecule has 1 aromatic heterocycles. The van der Waals surface area contributed by atoms with E-state index in [-0.39, 0.29) is 17.7 Å². The maximum atomic E-state index is 12.9. The van der Waals surface area contributed by atoms with Gasteiger partial charge in [0.15, 0.2) is 0 Å². The second-order valence-electron chi connectivity index (χ2n) is 7.48. The number of unbranched alkanes of at least 4 members (excludes halogenated alkanes) is 1. The van der Waals surface area contributed by atoms with Crippen LogP contribution in [0.25, 0.3) is 0 Å². The topological polar surface area (TPSA) is 62.7 Å². The van der Waals surface area contributed by atoms with Crippen LogP contribution in [-0.4, -0.2) is 53.3 Å². The Kier molecular flexibility index (Phi) is 7.63. The quantitative estimate of drug-likeness (QED) is 0.657. The van der Waals surface area contributed by atoms with Crippen LogP contribution in [0.4, 0.5) is 0 Å². The van der Waals surface area contributed by atoms with Crippen LogP contribution >= 0.6 is 11.3 Å². The highest BCUT2D eigenvalue weighted by Gasteiger charge is 2.29. The van der Waals surface area contributed by atoms with Gasteiger partial charge in [-0.1, -0.05) is 19.4 Å². The lowest BCUT2D eigenvalue weighted by molar-refractivity contribution is -0.135. The Hall–Kier alpha value is -2.41. The number of nitrogens with zero attached hydrogens (tertiary/aromatic N) is 3. The molecular formula is C22H29N3O3S. The molecule has 1 aliphatic rings. The van der Waals surface area contributed by atoms with Crippen molar-refractivity contribution in [3.63, 3.8) is 0 Å². The maximum Gasteiger partial charge on any atom is 0.253 e. The van der Waals surface area contributed by atoms with E-state index in [1.54, 1.807) is 11.6 Å². The highest BCUT2D eigenvalue weighted by Crippen LogP contribution is 2.23. The van der Waals surface area contributed by atoms with Gasteiger partial charge in [-0.15, -0.1) is 11.3 Å². The number of carbonyl (C=O) groups is 2. The fourth-order valence-electron chi connectivity index (χ4n) is 3.51. The molecule has 2 amide bonds. The molecule has 0 atom stereocenters. The van der Waals surface area contributed by atoms with Crippen molar-refractivity contribution in [3.8, 4) is 5.75 Å². The maximum absolute atomic E-state index is 12.9. The lowest BCUT2D eigenvalue weighted by Gasteiger charge is -2.33. The van der Waals surface area contributed by atoms with E-state index in [1.165, 1.54) is 11.3 Å². The second-order valence-corrected chi connectivity index (χ2v) is 8.19. The molecular weight excluding hydrogens is 386 g/mol. The summed E-state index contributed by atoms with van der Waals surface area (Å²) < 4.78 is 5.76. The molecule has 0 N–H and O–H groups in total. The van der Waals surface area contributed by atoms with Crippen molar-refractivity contribution in [1.29, 1.82) is 0 Å². The summed E-state index contributed by atoms with van der Waals surface area (Å²) in [6, 6.07) is 7.28. The van der Waals surface area contributed by atoms with Crippen LogP contribution in [0.2, 0.25) is 0 Å². The summed E-state index contributed by atoms with van der Waals surface area (Å²) >= 11 is 1.53. The van der Waals surface area contributed by atoms with Gasteiger partial charge in [-0.3, -0.25) is 9.59 Å². The van der Waals surface area contributed by atoms with Crippen molar-refractivity contribution >= 4 is 23.2 Å². The summed E-state index contributed by atoms with van der Waals surface area (Å²) in [4.78, 5) is 33.4. The molecule has 0 bridgehead atoms. The molecule has 29 heavy (non-hydrogen) atoms. The van der Waals surface area contributed by atoms with E-state index in [9.17, 15) is 9.59 Å². The molecule has 6 nitrogen and oxygen atoms in total. The van der Waals surface area contributed by atoms with Gasteiger partial charge in [0.05, 0.1) is 11.2 Å². The third-order valence-corrected chi connectivity index (χ3v) is 5.94. The van der Waals surface area contributed by atoms with E-state index >= 15 is 0 Å². The Morgan fingerprint density at radius 2 is 2.10 bits per heavy atom. The molecule has 2 heterocycles. The largest absolute Gasteiger partial charge is 0.487 e. The van der Waals surface area contributed by atoms with Crippen molar-refractivity contribution in [2.45, 2.75) is 39.2 Å². The summed E-state index contributed by atoms with van der Waals surface area (Å²) in [6.07, 6.45) is 3.56. The first kappa shape index (κ1) is 21.3. The number of rotatable bonds is 8. The first-order chi connectivity index (χ1) is 14.1. The van der Waals surface area contributed by atoms with Crippen molar-refractivity contribution in [2.24, 2.45) is 5.92 Å². The van der Waals surface area contributed by atoms with Crippen LogP contribution in [0.5, 0.6) is 5.75 Å². The predicted octanol–water partition coefficient (Wildman–Crippen LogP) is 3.83. The van der Waals surface area contributed by atoms with Gasteiger partial charge in [0.25, 0.3) is 5.91 Å². The van der Waals surface area contributed by atoms with Gasteiger partial charge in [0.2, 0.25) is 5.91 Å². The van der Waals surface area contributed by atoms with Crippen LogP contribution in [0, 0.1) is 5.92 Å². The van der Waals surface area contributed by atoms with Crippen LogP contribution in [0.1, 0.15) is 48.7 Å². The number of hydrogen-bond acceptors (Lipinski definition) is 5. The third kappa shape index (κ3) is 5.79. The van der Waals surface area contributed by atoms with Crippen LogP contribution in [-0.2, 0) is 11.4 Å². The van der Waals surface area contributed by atoms with E-state index < -0.39 is 0 Å². The van der Waals surface area contributed by atoms with Crippen LogP contribution in [0.3, 0.4) is 0 Å². The Bertz CT molecular complexity index is 801. The second kappa shape index (κ2) is 10.4. The molecule has 3 rings (SSSR count). The lowest BCUT2D eigenvalue weighted by atomic mass is 9.94. The molecule has 0 aliphatic carbocycles. The SMILES string of the molecule is CCCCN(C)C(=O)C1CCN(C(=O)c2cccc(OCc3cscn3)c2)CC1. The minimum atomic E-state index is -0.00524. The zero-order valence-electron chi connectivity index (χ0n) is 17.2. The fraction of sp³-hybridized carbons (Fsp3) is 0.500. The normalized spacial score (nSPS) is 14.6. The molecule has 1 fully saturated rings. The molecule has 1 aromatic carbocycles. The van der Waals surface area contributed by atoms with Crippen LogP contribution in [0.15, 0.2) is 35.2 Å². The van der Waals surface area contributed by atoms with E-state index in [0.29, 0.717) is 31.0 Å². The monoisotopic (exact) mass is 415 g/mol. The number of ether oxygens (including phenoxy) is 1. The van der Waals surface area contributed by atoms with Gasteiger partial charge >= 0.3 is 0 Å². The standard InChI is InChI=1S/C22H29N3O3S/c1-3-4-10-24(2)21(26)17-8-11-25(12-9-17)22(27)18-6-5-7-20(13-18)28-14-19-15-29-16-23-19/h5-7,13,15-17H,3-4,8-12,14H2,1-2H3. The van der Waals surface area contributed by atoms with Crippen LogP contribution < -0.4 is 4.74 Å². The van der Waals surface area contributed by atoms with E-state index in [1.807, 2.05) is 40.4 Å². The highest BCUT2D eigenvalue weighted by atomic mass is 32.1. The average molecular weight is 416 g/mol. The molecule has 0 radical (unpaired) electrons. The molecule has 7 heteroatoms. The number of amides is 2. The van der Waals surface area contributed by atoms with Gasteiger partial charge in [-0.2, -0.15) is 0 Å². The third-order valence-electron chi connectivity index (χ3n) is 5.31. The van der Waals surface area contributed by atoms with Crippen molar-refractivity contribution < 1.29 is 14.3 Å². The predicted molar refractivity (Wildman–Crippen MR) is 114 cm³/mol. The Morgan fingerprint density at radius 3 is 2.79 bits per heavy atom. The number of thiazole rings is 1. The highest BCUT2D eigenvalue weighted by molar-refractivity contribution is 7.07. The molecule has 1 saturated heterocycles. The van der Waals surface area contributed by atoms with Gasteiger partial charge in [-0.25, -0.2) is 4.98 Å². The van der Waals surface area contributed by atoms with Crippen molar-refractivity contribution in [2.75, 3.05) is 26.7 Å². The first-order valence-corrected chi connectivity index (χ1v) is 11.2. The Balaban J connectivity index is 1.52. The average Bonchev–Trinajstić information content (AvgIpc) is 3.29. The zero-order valence-corrected chi connectivity index (χ0v) is 18.0. The number of hydrogen-bond donors (Lipinski definition) is 0. The summed E-state index contributed by atoms with van der Waals surface area (Å²) in [6.45, 7) is 4.55. The van der Waals surface area contributed by atoms with Gasteiger partial charge in [-0.05, 0) is 37.5 Å². The molecule has 1 aliphatic heterocycles. The van der Waals surface area contributed by atoms with Gasteiger partial charge in [0, 0.05) is 43.5 Å². The fourth-order valence-corrected chi connectivity index (χ4v) is 4.06. The number of carbonyl (C=O) groups excluding carboxylic acids is 2. The van der Waals surface area contributed by atoms with Crippen molar-refractivity contribution in [3.05, 3.63) is 46.4 Å². The summed E-state index contributed by atoms with van der Waals surface area (Å²) in [5, 5.41) is 1.94. The number of likely N-dealkylation sites (tertiary alicyclic amines) is 1. The van der Waals surface area contributed by atoms with E-state index in [4.69, 9.17) is 4.74 Å². The summed E-state index contributed by atoms with van der Waals surface area (Å²) in [7, 11) is 1.88. The van der Waals surface area contributed by atoms with Crippen molar-refractivity contribution in [1.82, 2.24) is 14.8 Å². The number of piperidine rings is 1. The molecule has 2 aromatic rings. The summed E-state index contributed by atoms with van der Waals surface area (Å²) in [5.41, 5.74) is 3.27. The van der Waals surface area contributed by atoms with Gasteiger partial charge < -0.3 is 14.5 Å². The lowest BCUT2D eigenvalue weighted by Crippen LogP contribution is -2.43. The van der Waals surface area contributed by atoms with Gasteiger partial charge in [0.1, 0.15) is 12.4 Å².